The highest BCUT2D eigenvalue weighted by molar-refractivity contribution is 7.98. The first-order chi connectivity index (χ1) is 8.19. The van der Waals surface area contributed by atoms with Gasteiger partial charge in [0.2, 0.25) is 5.95 Å². The predicted molar refractivity (Wildman–Crippen MR) is 67.3 cm³/mol. The maximum atomic E-state index is 11.8. The van der Waals surface area contributed by atoms with Gasteiger partial charge in [0.15, 0.2) is 0 Å². The number of aromatic nitrogens is 3. The molecule has 6 heteroatoms. The monoisotopic (exact) mass is 248 g/mol. The summed E-state index contributed by atoms with van der Waals surface area (Å²) >= 11 is 1.64. The lowest BCUT2D eigenvalue weighted by Gasteiger charge is -2.01. The zero-order valence-electron chi connectivity index (χ0n) is 9.52. The van der Waals surface area contributed by atoms with Crippen LogP contribution in [0.4, 0.5) is 5.95 Å². The first-order valence-electron chi connectivity index (χ1n) is 5.03. The van der Waals surface area contributed by atoms with E-state index in [-0.39, 0.29) is 5.91 Å². The Bertz CT molecular complexity index is 521. The van der Waals surface area contributed by atoms with Crippen molar-refractivity contribution in [2.45, 2.75) is 11.8 Å². The second-order valence-electron chi connectivity index (χ2n) is 3.43. The molecule has 0 radical (unpaired) electrons. The van der Waals surface area contributed by atoms with Crippen LogP contribution in [0.1, 0.15) is 16.2 Å². The van der Waals surface area contributed by atoms with Crippen molar-refractivity contribution in [2.75, 3.05) is 11.6 Å². The van der Waals surface area contributed by atoms with Gasteiger partial charge in [-0.25, -0.2) is 0 Å². The Balaban J connectivity index is 2.09. The maximum Gasteiger partial charge on any atom is 0.258 e. The average Bonchev–Trinajstić information content (AvgIpc) is 2.75. The first kappa shape index (κ1) is 11.7. The average molecular weight is 248 g/mol. The van der Waals surface area contributed by atoms with Gasteiger partial charge < -0.3 is 0 Å². The summed E-state index contributed by atoms with van der Waals surface area (Å²) in [6, 6.07) is 7.37. The summed E-state index contributed by atoms with van der Waals surface area (Å²) in [6.45, 7) is 1.77. The van der Waals surface area contributed by atoms with Crippen LogP contribution < -0.4 is 5.32 Å². The summed E-state index contributed by atoms with van der Waals surface area (Å²) in [7, 11) is 0. The summed E-state index contributed by atoms with van der Waals surface area (Å²) in [5.41, 5.74) is 0.588. The van der Waals surface area contributed by atoms with Gasteiger partial charge in [-0.05, 0) is 37.4 Å². The number of carbonyl (C=O) groups excluding carboxylic acids is 1. The third kappa shape index (κ3) is 2.85. The number of H-pyrrole nitrogens is 1. The van der Waals surface area contributed by atoms with E-state index < -0.39 is 0 Å². The fourth-order valence-electron chi connectivity index (χ4n) is 1.31. The third-order valence-corrected chi connectivity index (χ3v) is 2.92. The molecule has 0 aliphatic carbocycles. The van der Waals surface area contributed by atoms with Crippen molar-refractivity contribution in [3.63, 3.8) is 0 Å². The number of aromatic amines is 1. The molecule has 88 valence electrons. The van der Waals surface area contributed by atoms with Gasteiger partial charge >= 0.3 is 0 Å². The molecule has 2 rings (SSSR count). The quantitative estimate of drug-likeness (QED) is 0.816. The van der Waals surface area contributed by atoms with Crippen LogP contribution in [-0.2, 0) is 0 Å². The minimum absolute atomic E-state index is 0.211. The molecule has 0 saturated heterocycles. The van der Waals surface area contributed by atoms with Crippen LogP contribution >= 0.6 is 11.8 Å². The van der Waals surface area contributed by atoms with Crippen LogP contribution in [0.2, 0.25) is 0 Å². The van der Waals surface area contributed by atoms with Crippen molar-refractivity contribution in [1.82, 2.24) is 15.2 Å². The number of rotatable bonds is 3. The molecule has 0 unspecified atom stereocenters. The van der Waals surface area contributed by atoms with Crippen LogP contribution in [0.5, 0.6) is 0 Å². The largest absolute Gasteiger partial charge is 0.289 e. The van der Waals surface area contributed by atoms with Crippen molar-refractivity contribution >= 4 is 23.6 Å². The number of nitrogens with one attached hydrogen (secondary N) is 2. The first-order valence-corrected chi connectivity index (χ1v) is 6.26. The van der Waals surface area contributed by atoms with Crippen LogP contribution in [0.3, 0.4) is 0 Å². The Kier molecular flexibility index (Phi) is 3.43. The Labute approximate surface area is 103 Å². The highest BCUT2D eigenvalue weighted by atomic mass is 32.2. The Hall–Kier alpha value is -1.82. The lowest BCUT2D eigenvalue weighted by Crippen LogP contribution is -2.12. The van der Waals surface area contributed by atoms with E-state index in [9.17, 15) is 4.79 Å². The number of thioether (sulfide) groups is 1. The fourth-order valence-corrected chi connectivity index (χ4v) is 1.72. The van der Waals surface area contributed by atoms with Gasteiger partial charge in [0.1, 0.15) is 5.82 Å². The molecule has 0 saturated carbocycles. The molecular weight excluding hydrogens is 236 g/mol. The van der Waals surface area contributed by atoms with Crippen LogP contribution in [0.15, 0.2) is 29.2 Å². The SMILES string of the molecule is CSc1ccc(C(=O)Nc2n[nH]c(C)n2)cc1. The summed E-state index contributed by atoms with van der Waals surface area (Å²) in [4.78, 5) is 16.9. The van der Waals surface area contributed by atoms with E-state index in [4.69, 9.17) is 0 Å². The minimum atomic E-state index is -0.211. The number of aryl methyl sites for hydroxylation is 1. The molecule has 2 aromatic rings. The maximum absolute atomic E-state index is 11.8. The molecule has 1 heterocycles. The van der Waals surface area contributed by atoms with Crippen molar-refractivity contribution in [1.29, 1.82) is 0 Å². The topological polar surface area (TPSA) is 70.7 Å². The standard InChI is InChI=1S/C11H12N4OS/c1-7-12-11(15-14-7)13-10(16)8-3-5-9(17-2)6-4-8/h3-6H,1-2H3,(H2,12,13,14,15,16). The lowest BCUT2D eigenvalue weighted by atomic mass is 10.2. The molecule has 0 aliphatic heterocycles. The van der Waals surface area contributed by atoms with Gasteiger partial charge in [-0.2, -0.15) is 4.98 Å². The van der Waals surface area contributed by atoms with Crippen LogP contribution in [-0.4, -0.2) is 27.3 Å². The summed E-state index contributed by atoms with van der Waals surface area (Å²) in [5, 5.41) is 9.12. The molecule has 0 fully saturated rings. The molecule has 0 aliphatic rings. The number of carbonyl (C=O) groups is 1. The van der Waals surface area contributed by atoms with E-state index in [1.165, 1.54) is 0 Å². The molecule has 17 heavy (non-hydrogen) atoms. The van der Waals surface area contributed by atoms with Crippen LogP contribution in [0.25, 0.3) is 0 Å². The van der Waals surface area contributed by atoms with Crippen molar-refractivity contribution in [2.24, 2.45) is 0 Å². The molecular formula is C11H12N4OS. The van der Waals surface area contributed by atoms with Gasteiger partial charge in [-0.3, -0.25) is 15.2 Å². The van der Waals surface area contributed by atoms with Gasteiger partial charge in [0, 0.05) is 10.5 Å². The summed E-state index contributed by atoms with van der Waals surface area (Å²) in [6.07, 6.45) is 1.99. The van der Waals surface area contributed by atoms with Gasteiger partial charge in [0.25, 0.3) is 5.91 Å². The van der Waals surface area contributed by atoms with Crippen molar-refractivity contribution < 1.29 is 4.79 Å². The molecule has 2 N–H and O–H groups in total. The second-order valence-corrected chi connectivity index (χ2v) is 4.31. The van der Waals surface area contributed by atoms with E-state index >= 15 is 0 Å². The van der Waals surface area contributed by atoms with Gasteiger partial charge in [-0.15, -0.1) is 16.9 Å². The molecule has 0 atom stereocenters. The number of hydrogen-bond donors (Lipinski definition) is 2. The van der Waals surface area contributed by atoms with E-state index in [2.05, 4.69) is 20.5 Å². The summed E-state index contributed by atoms with van der Waals surface area (Å²) in [5.74, 6) is 0.746. The van der Waals surface area contributed by atoms with Crippen molar-refractivity contribution in [3.05, 3.63) is 35.7 Å². The van der Waals surface area contributed by atoms with E-state index in [1.807, 2.05) is 18.4 Å². The zero-order chi connectivity index (χ0) is 12.3. The molecule has 1 aromatic heterocycles. The van der Waals surface area contributed by atoms with Crippen molar-refractivity contribution in [3.8, 4) is 0 Å². The molecule has 0 bridgehead atoms. The van der Waals surface area contributed by atoms with E-state index in [0.29, 0.717) is 17.3 Å². The molecule has 1 aromatic carbocycles. The number of amides is 1. The predicted octanol–water partition coefficient (Wildman–Crippen LogP) is 2.09. The van der Waals surface area contributed by atoms with E-state index in [0.717, 1.165) is 4.90 Å². The second kappa shape index (κ2) is 5.01. The summed E-state index contributed by atoms with van der Waals surface area (Å²) < 4.78 is 0. The minimum Gasteiger partial charge on any atom is -0.289 e. The lowest BCUT2D eigenvalue weighted by molar-refractivity contribution is 0.102. The molecule has 5 nitrogen and oxygen atoms in total. The number of anilines is 1. The Morgan fingerprint density at radius 2 is 2.06 bits per heavy atom. The number of hydrogen-bond acceptors (Lipinski definition) is 4. The third-order valence-electron chi connectivity index (χ3n) is 2.17. The molecule has 1 amide bonds. The normalized spacial score (nSPS) is 10.2. The van der Waals surface area contributed by atoms with Gasteiger partial charge in [0.05, 0.1) is 0 Å². The molecule has 0 spiro atoms. The highest BCUT2D eigenvalue weighted by Gasteiger charge is 2.08. The van der Waals surface area contributed by atoms with Gasteiger partial charge in [-0.1, -0.05) is 0 Å². The number of nitrogens with zero attached hydrogens (tertiary/aromatic N) is 2. The fraction of sp³-hybridized carbons (Fsp3) is 0.182. The zero-order valence-corrected chi connectivity index (χ0v) is 10.3. The number of benzene rings is 1. The smallest absolute Gasteiger partial charge is 0.258 e. The van der Waals surface area contributed by atoms with Crippen LogP contribution in [0, 0.1) is 6.92 Å². The van der Waals surface area contributed by atoms with E-state index in [1.54, 1.807) is 30.8 Å². The Morgan fingerprint density at radius 3 is 2.59 bits per heavy atom. The highest BCUT2D eigenvalue weighted by Crippen LogP contribution is 2.15. The Morgan fingerprint density at radius 1 is 1.35 bits per heavy atom.